The molecule has 0 N–H and O–H groups in total. The highest BCUT2D eigenvalue weighted by atomic mass is 19.4. The van der Waals surface area contributed by atoms with E-state index in [0.717, 1.165) is 6.07 Å². The summed E-state index contributed by atoms with van der Waals surface area (Å²) >= 11 is 0. The van der Waals surface area contributed by atoms with Crippen molar-refractivity contribution in [3.8, 4) is 11.6 Å². The third-order valence-corrected chi connectivity index (χ3v) is 1.24. The Morgan fingerprint density at radius 3 is 2.71 bits per heavy atom. The number of ether oxygens (including phenoxy) is 2. The molecule has 0 atom stereocenters. The van der Waals surface area contributed by atoms with E-state index in [1.807, 2.05) is 0 Å². The fourth-order valence-electron chi connectivity index (χ4n) is 0.824. The second-order valence-corrected chi connectivity index (χ2v) is 2.29. The molecule has 6 heteroatoms. The zero-order chi connectivity index (χ0) is 10.6. The highest BCUT2D eigenvalue weighted by Crippen LogP contribution is 2.29. The van der Waals surface area contributed by atoms with Crippen molar-refractivity contribution in [1.29, 1.82) is 0 Å². The highest BCUT2D eigenvalue weighted by Gasteiger charge is 2.32. The van der Waals surface area contributed by atoms with Crippen LogP contribution in [-0.4, -0.2) is 18.0 Å². The summed E-state index contributed by atoms with van der Waals surface area (Å²) in [5.41, 5.74) is 0. The lowest BCUT2D eigenvalue weighted by atomic mass is 10.4. The van der Waals surface area contributed by atoms with Gasteiger partial charge in [-0.05, 0) is 19.1 Å². The van der Waals surface area contributed by atoms with Crippen LogP contribution in [0.25, 0.3) is 0 Å². The topological polar surface area (TPSA) is 31.4 Å². The fourth-order valence-corrected chi connectivity index (χ4v) is 0.824. The summed E-state index contributed by atoms with van der Waals surface area (Å²) in [4.78, 5) is 3.61. The number of hydrogen-bond donors (Lipinski definition) is 0. The lowest BCUT2D eigenvalue weighted by Crippen LogP contribution is -2.18. The van der Waals surface area contributed by atoms with Crippen molar-refractivity contribution in [3.05, 3.63) is 18.3 Å². The number of nitrogens with zero attached hydrogens (tertiary/aromatic N) is 1. The van der Waals surface area contributed by atoms with Gasteiger partial charge in [-0.15, -0.1) is 13.2 Å². The van der Waals surface area contributed by atoms with Crippen LogP contribution in [0.5, 0.6) is 11.6 Å². The lowest BCUT2D eigenvalue weighted by Gasteiger charge is -2.11. The van der Waals surface area contributed by atoms with Gasteiger partial charge in [0.15, 0.2) is 5.75 Å². The molecule has 0 aromatic carbocycles. The Balaban J connectivity index is 2.84. The van der Waals surface area contributed by atoms with E-state index in [4.69, 9.17) is 4.74 Å². The number of halogens is 3. The second-order valence-electron chi connectivity index (χ2n) is 2.29. The van der Waals surface area contributed by atoms with Gasteiger partial charge in [0, 0.05) is 6.20 Å². The Hall–Kier alpha value is -1.46. The molecule has 0 spiro atoms. The molecular weight excluding hydrogens is 199 g/mol. The van der Waals surface area contributed by atoms with Crippen LogP contribution >= 0.6 is 0 Å². The molecule has 0 aliphatic rings. The molecular formula is C8H8F3NO2. The molecule has 1 aromatic rings. The minimum atomic E-state index is -4.73. The van der Waals surface area contributed by atoms with Gasteiger partial charge in [-0.3, -0.25) is 0 Å². The van der Waals surface area contributed by atoms with Crippen molar-refractivity contribution < 1.29 is 22.6 Å². The van der Waals surface area contributed by atoms with E-state index in [1.165, 1.54) is 12.3 Å². The highest BCUT2D eigenvalue weighted by molar-refractivity contribution is 5.32. The molecule has 1 heterocycles. The van der Waals surface area contributed by atoms with Gasteiger partial charge < -0.3 is 9.47 Å². The molecule has 0 amide bonds. The van der Waals surface area contributed by atoms with Crippen LogP contribution in [-0.2, 0) is 0 Å². The van der Waals surface area contributed by atoms with Gasteiger partial charge in [-0.1, -0.05) is 0 Å². The molecule has 1 rings (SSSR count). The molecule has 0 saturated heterocycles. The number of hydrogen-bond acceptors (Lipinski definition) is 3. The molecule has 0 unspecified atom stereocenters. The first-order valence-electron chi connectivity index (χ1n) is 3.86. The summed E-state index contributed by atoms with van der Waals surface area (Å²) in [5, 5.41) is 0. The van der Waals surface area contributed by atoms with E-state index in [1.54, 1.807) is 6.92 Å². The van der Waals surface area contributed by atoms with E-state index in [-0.39, 0.29) is 12.5 Å². The number of pyridine rings is 1. The maximum atomic E-state index is 11.9. The van der Waals surface area contributed by atoms with Crippen molar-refractivity contribution >= 4 is 0 Å². The third-order valence-electron chi connectivity index (χ3n) is 1.24. The zero-order valence-corrected chi connectivity index (χ0v) is 7.34. The van der Waals surface area contributed by atoms with E-state index in [2.05, 4.69) is 9.72 Å². The predicted octanol–water partition coefficient (Wildman–Crippen LogP) is 2.38. The van der Waals surface area contributed by atoms with Crippen LogP contribution in [0.4, 0.5) is 13.2 Å². The van der Waals surface area contributed by atoms with Crippen molar-refractivity contribution in [2.24, 2.45) is 0 Å². The van der Waals surface area contributed by atoms with E-state index < -0.39 is 12.1 Å². The molecule has 0 aliphatic heterocycles. The van der Waals surface area contributed by atoms with Crippen LogP contribution in [0.2, 0.25) is 0 Å². The Morgan fingerprint density at radius 1 is 1.43 bits per heavy atom. The Kier molecular flexibility index (Phi) is 3.16. The van der Waals surface area contributed by atoms with Gasteiger partial charge >= 0.3 is 6.36 Å². The van der Waals surface area contributed by atoms with Crippen LogP contribution in [0.1, 0.15) is 6.92 Å². The monoisotopic (exact) mass is 207 g/mol. The van der Waals surface area contributed by atoms with E-state index >= 15 is 0 Å². The van der Waals surface area contributed by atoms with Crippen molar-refractivity contribution in [1.82, 2.24) is 4.98 Å². The van der Waals surface area contributed by atoms with Crippen LogP contribution < -0.4 is 9.47 Å². The summed E-state index contributed by atoms with van der Waals surface area (Å²) in [7, 11) is 0. The number of alkyl halides is 3. The summed E-state index contributed by atoms with van der Waals surface area (Å²) in [6, 6.07) is 2.48. The molecule has 1 aromatic heterocycles. The van der Waals surface area contributed by atoms with Gasteiger partial charge in [-0.25, -0.2) is 4.98 Å². The van der Waals surface area contributed by atoms with Gasteiger partial charge in [0.2, 0.25) is 0 Å². The lowest BCUT2D eigenvalue weighted by molar-refractivity contribution is -0.275. The average Bonchev–Trinajstić information content (AvgIpc) is 2.06. The summed E-state index contributed by atoms with van der Waals surface area (Å²) in [6.07, 6.45) is -3.40. The normalized spacial score (nSPS) is 11.1. The Morgan fingerprint density at radius 2 is 2.14 bits per heavy atom. The van der Waals surface area contributed by atoms with Gasteiger partial charge in [0.25, 0.3) is 5.88 Å². The first-order valence-corrected chi connectivity index (χ1v) is 3.86. The maximum Gasteiger partial charge on any atom is 0.573 e. The summed E-state index contributed by atoms with van der Waals surface area (Å²) in [5.74, 6) is -0.589. The number of rotatable bonds is 3. The molecule has 0 saturated carbocycles. The predicted molar refractivity (Wildman–Crippen MR) is 42.1 cm³/mol. The van der Waals surface area contributed by atoms with E-state index in [0.29, 0.717) is 0 Å². The maximum absolute atomic E-state index is 11.9. The first kappa shape index (κ1) is 10.6. The standard InChI is InChI=1S/C8H8F3NO2/c1-2-13-7-6(4-3-5-12-7)14-8(9,10)11/h3-5H,2H2,1H3. The molecule has 0 fully saturated rings. The molecule has 78 valence electrons. The number of aromatic nitrogens is 1. The summed E-state index contributed by atoms with van der Waals surface area (Å²) < 4.78 is 44.1. The third kappa shape index (κ3) is 3.12. The van der Waals surface area contributed by atoms with Crippen molar-refractivity contribution in [2.75, 3.05) is 6.61 Å². The Bertz CT molecular complexity index is 301. The summed E-state index contributed by atoms with van der Waals surface area (Å²) in [6.45, 7) is 1.87. The molecule has 0 bridgehead atoms. The van der Waals surface area contributed by atoms with Crippen molar-refractivity contribution in [3.63, 3.8) is 0 Å². The van der Waals surface area contributed by atoms with Gasteiger partial charge in [-0.2, -0.15) is 0 Å². The van der Waals surface area contributed by atoms with Crippen LogP contribution in [0.3, 0.4) is 0 Å². The van der Waals surface area contributed by atoms with Crippen LogP contribution in [0.15, 0.2) is 18.3 Å². The minimum Gasteiger partial charge on any atom is -0.475 e. The quantitative estimate of drug-likeness (QED) is 0.762. The largest absolute Gasteiger partial charge is 0.573 e. The molecule has 0 radical (unpaired) electrons. The SMILES string of the molecule is CCOc1ncccc1OC(F)(F)F. The first-order chi connectivity index (χ1) is 6.53. The van der Waals surface area contributed by atoms with Crippen LogP contribution in [0, 0.1) is 0 Å². The second kappa shape index (κ2) is 4.17. The smallest absolute Gasteiger partial charge is 0.475 e. The van der Waals surface area contributed by atoms with E-state index in [9.17, 15) is 13.2 Å². The molecule has 3 nitrogen and oxygen atoms in total. The fraction of sp³-hybridized carbons (Fsp3) is 0.375. The van der Waals surface area contributed by atoms with Gasteiger partial charge in [0.05, 0.1) is 6.61 Å². The average molecular weight is 207 g/mol. The molecule has 14 heavy (non-hydrogen) atoms. The minimum absolute atomic E-state index is 0.160. The zero-order valence-electron chi connectivity index (χ0n) is 7.34. The van der Waals surface area contributed by atoms with Gasteiger partial charge in [0.1, 0.15) is 0 Å². The Labute approximate surface area is 78.5 Å². The van der Waals surface area contributed by atoms with Crippen molar-refractivity contribution in [2.45, 2.75) is 13.3 Å². The molecule has 0 aliphatic carbocycles.